The summed E-state index contributed by atoms with van der Waals surface area (Å²) < 4.78 is 38.1. The first kappa shape index (κ1) is 14.2. The second kappa shape index (κ2) is 5.07. The van der Waals surface area contributed by atoms with Crippen LogP contribution in [-0.2, 0) is 11.0 Å². The summed E-state index contributed by atoms with van der Waals surface area (Å²) in [5.41, 5.74) is -0.594. The van der Waals surface area contributed by atoms with Gasteiger partial charge in [-0.1, -0.05) is 6.92 Å². The molecule has 0 fully saturated rings. The standard InChI is InChI=1S/C13H12F3N3O/c1-3-11(20)18-10-5-4-8-7(2)6-9(13(14,15)16)17-12(8)19-10/h4-6H,3H2,1-2H3,(H,17,18,19,20). The highest BCUT2D eigenvalue weighted by atomic mass is 19.4. The number of alkyl halides is 3. The number of aryl methyl sites for hydroxylation is 1. The second-order valence-electron chi connectivity index (χ2n) is 4.29. The number of fused-ring (bicyclic) bond motifs is 1. The Labute approximate surface area is 113 Å². The first-order chi connectivity index (χ1) is 9.31. The third-order valence-corrected chi connectivity index (χ3v) is 2.76. The van der Waals surface area contributed by atoms with Crippen molar-refractivity contribution in [3.8, 4) is 0 Å². The molecule has 0 aromatic carbocycles. The smallest absolute Gasteiger partial charge is 0.311 e. The molecule has 0 saturated carbocycles. The molecular formula is C13H12F3N3O. The Morgan fingerprint density at radius 1 is 1.30 bits per heavy atom. The fourth-order valence-electron chi connectivity index (χ4n) is 1.72. The number of rotatable bonds is 2. The van der Waals surface area contributed by atoms with Crippen molar-refractivity contribution in [2.75, 3.05) is 5.32 Å². The van der Waals surface area contributed by atoms with Gasteiger partial charge >= 0.3 is 6.18 Å². The van der Waals surface area contributed by atoms with Gasteiger partial charge in [-0.3, -0.25) is 4.79 Å². The molecule has 0 atom stereocenters. The van der Waals surface area contributed by atoms with Crippen molar-refractivity contribution in [1.29, 1.82) is 0 Å². The zero-order valence-corrected chi connectivity index (χ0v) is 10.9. The molecule has 2 aromatic heterocycles. The molecule has 1 amide bonds. The number of carbonyl (C=O) groups is 1. The van der Waals surface area contributed by atoms with Crippen LogP contribution in [0, 0.1) is 6.92 Å². The average Bonchev–Trinajstić information content (AvgIpc) is 2.37. The van der Waals surface area contributed by atoms with E-state index < -0.39 is 11.9 Å². The minimum Gasteiger partial charge on any atom is -0.311 e. The van der Waals surface area contributed by atoms with Crippen LogP contribution in [0.25, 0.3) is 11.0 Å². The van der Waals surface area contributed by atoms with Gasteiger partial charge in [0, 0.05) is 11.8 Å². The summed E-state index contributed by atoms with van der Waals surface area (Å²) in [6.45, 7) is 3.23. The van der Waals surface area contributed by atoms with Crippen LogP contribution < -0.4 is 5.32 Å². The van der Waals surface area contributed by atoms with Gasteiger partial charge in [-0.2, -0.15) is 13.2 Å². The molecule has 0 aliphatic heterocycles. The molecule has 0 saturated heterocycles. The number of pyridine rings is 2. The summed E-state index contributed by atoms with van der Waals surface area (Å²) >= 11 is 0. The molecule has 0 aliphatic rings. The van der Waals surface area contributed by atoms with Crippen molar-refractivity contribution in [1.82, 2.24) is 9.97 Å². The Balaban J connectivity index is 2.52. The molecule has 7 heteroatoms. The van der Waals surface area contributed by atoms with Gasteiger partial charge in [0.05, 0.1) is 0 Å². The Morgan fingerprint density at radius 3 is 2.60 bits per heavy atom. The zero-order chi connectivity index (χ0) is 14.9. The lowest BCUT2D eigenvalue weighted by Gasteiger charge is -2.10. The van der Waals surface area contributed by atoms with Crippen LogP contribution in [0.15, 0.2) is 18.2 Å². The number of hydrogen-bond acceptors (Lipinski definition) is 3. The maximum Gasteiger partial charge on any atom is 0.433 e. The molecule has 0 spiro atoms. The van der Waals surface area contributed by atoms with Crippen LogP contribution in [0.2, 0.25) is 0 Å². The highest BCUT2D eigenvalue weighted by Crippen LogP contribution is 2.30. The molecule has 2 aromatic rings. The summed E-state index contributed by atoms with van der Waals surface area (Å²) in [6, 6.07) is 4.11. The molecule has 0 unspecified atom stereocenters. The molecule has 0 bridgehead atoms. The van der Waals surface area contributed by atoms with Gasteiger partial charge in [0.15, 0.2) is 5.65 Å². The number of carbonyl (C=O) groups excluding carboxylic acids is 1. The van der Waals surface area contributed by atoms with Crippen molar-refractivity contribution < 1.29 is 18.0 Å². The van der Waals surface area contributed by atoms with Gasteiger partial charge < -0.3 is 5.32 Å². The molecule has 0 radical (unpaired) electrons. The van der Waals surface area contributed by atoms with Gasteiger partial charge in [-0.05, 0) is 30.7 Å². The average molecular weight is 283 g/mol. The van der Waals surface area contributed by atoms with Crippen LogP contribution in [0.3, 0.4) is 0 Å². The van der Waals surface area contributed by atoms with E-state index in [1.807, 2.05) is 0 Å². The number of nitrogens with one attached hydrogen (secondary N) is 1. The molecule has 2 rings (SSSR count). The number of hydrogen-bond donors (Lipinski definition) is 1. The van der Waals surface area contributed by atoms with E-state index in [0.29, 0.717) is 10.9 Å². The number of nitrogens with zero attached hydrogens (tertiary/aromatic N) is 2. The van der Waals surface area contributed by atoms with Crippen molar-refractivity contribution in [2.24, 2.45) is 0 Å². The fourth-order valence-corrected chi connectivity index (χ4v) is 1.72. The Morgan fingerprint density at radius 2 is 2.00 bits per heavy atom. The third-order valence-electron chi connectivity index (χ3n) is 2.76. The zero-order valence-electron chi connectivity index (χ0n) is 10.9. The van der Waals surface area contributed by atoms with Crippen LogP contribution >= 0.6 is 0 Å². The lowest BCUT2D eigenvalue weighted by Crippen LogP contribution is -2.12. The molecule has 2 heterocycles. The minimum atomic E-state index is -4.52. The summed E-state index contributed by atoms with van der Waals surface area (Å²) in [5, 5.41) is 3.01. The number of amides is 1. The molecule has 4 nitrogen and oxygen atoms in total. The van der Waals surface area contributed by atoms with E-state index >= 15 is 0 Å². The van der Waals surface area contributed by atoms with Crippen molar-refractivity contribution in [2.45, 2.75) is 26.4 Å². The topological polar surface area (TPSA) is 54.9 Å². The highest BCUT2D eigenvalue weighted by Gasteiger charge is 2.33. The van der Waals surface area contributed by atoms with E-state index in [2.05, 4.69) is 15.3 Å². The van der Waals surface area contributed by atoms with Crippen molar-refractivity contribution in [3.63, 3.8) is 0 Å². The second-order valence-corrected chi connectivity index (χ2v) is 4.29. The largest absolute Gasteiger partial charge is 0.433 e. The Bertz CT molecular complexity index is 668. The van der Waals surface area contributed by atoms with Gasteiger partial charge in [0.25, 0.3) is 0 Å². The van der Waals surface area contributed by atoms with Crippen LogP contribution in [0.5, 0.6) is 0 Å². The normalized spacial score (nSPS) is 11.7. The minimum absolute atomic E-state index is 0.0359. The molecule has 0 aliphatic carbocycles. The predicted octanol–water partition coefficient (Wildman–Crippen LogP) is 3.31. The van der Waals surface area contributed by atoms with E-state index in [4.69, 9.17) is 0 Å². The lowest BCUT2D eigenvalue weighted by atomic mass is 10.1. The fraction of sp³-hybridized carbons (Fsp3) is 0.308. The SMILES string of the molecule is CCC(=O)Nc1ccc2c(C)cc(C(F)(F)F)nc2n1. The van der Waals surface area contributed by atoms with E-state index in [-0.39, 0.29) is 23.8 Å². The summed E-state index contributed by atoms with van der Waals surface area (Å²) in [6.07, 6.45) is -4.27. The van der Waals surface area contributed by atoms with Crippen LogP contribution in [-0.4, -0.2) is 15.9 Å². The molecule has 1 N–H and O–H groups in total. The molecular weight excluding hydrogens is 271 g/mol. The van der Waals surface area contributed by atoms with E-state index in [1.54, 1.807) is 19.9 Å². The third kappa shape index (κ3) is 2.87. The molecule has 106 valence electrons. The van der Waals surface area contributed by atoms with Gasteiger partial charge in [-0.15, -0.1) is 0 Å². The van der Waals surface area contributed by atoms with E-state index in [1.165, 1.54) is 6.07 Å². The van der Waals surface area contributed by atoms with E-state index in [0.717, 1.165) is 6.07 Å². The summed E-state index contributed by atoms with van der Waals surface area (Å²) in [4.78, 5) is 18.7. The number of aromatic nitrogens is 2. The molecule has 20 heavy (non-hydrogen) atoms. The lowest BCUT2D eigenvalue weighted by molar-refractivity contribution is -0.141. The first-order valence-electron chi connectivity index (χ1n) is 5.96. The monoisotopic (exact) mass is 283 g/mol. The summed E-state index contributed by atoms with van der Waals surface area (Å²) in [5.74, 6) is -0.0730. The number of anilines is 1. The quantitative estimate of drug-likeness (QED) is 0.920. The van der Waals surface area contributed by atoms with Crippen LogP contribution in [0.4, 0.5) is 19.0 Å². The maximum atomic E-state index is 12.7. The highest BCUT2D eigenvalue weighted by molar-refractivity contribution is 5.91. The Hall–Kier alpha value is -2.18. The Kier molecular flexibility index (Phi) is 3.61. The van der Waals surface area contributed by atoms with Gasteiger partial charge in [-0.25, -0.2) is 9.97 Å². The van der Waals surface area contributed by atoms with Crippen molar-refractivity contribution >= 4 is 22.8 Å². The van der Waals surface area contributed by atoms with Crippen molar-refractivity contribution in [3.05, 3.63) is 29.5 Å². The first-order valence-corrected chi connectivity index (χ1v) is 5.96. The van der Waals surface area contributed by atoms with Gasteiger partial charge in [0.2, 0.25) is 5.91 Å². The van der Waals surface area contributed by atoms with Crippen LogP contribution in [0.1, 0.15) is 24.6 Å². The predicted molar refractivity (Wildman–Crippen MR) is 68.2 cm³/mol. The van der Waals surface area contributed by atoms with E-state index in [9.17, 15) is 18.0 Å². The van der Waals surface area contributed by atoms with Gasteiger partial charge in [0.1, 0.15) is 11.5 Å². The number of halogens is 3. The summed E-state index contributed by atoms with van der Waals surface area (Å²) in [7, 11) is 0. The maximum absolute atomic E-state index is 12.7.